The van der Waals surface area contributed by atoms with E-state index < -0.39 is 0 Å². The van der Waals surface area contributed by atoms with Crippen LogP contribution in [0.25, 0.3) is 0 Å². The molecule has 1 atom stereocenters. The summed E-state index contributed by atoms with van der Waals surface area (Å²) in [5.41, 5.74) is 0. The molecular formula is C12H23BrO2. The van der Waals surface area contributed by atoms with E-state index in [9.17, 15) is 4.79 Å². The summed E-state index contributed by atoms with van der Waals surface area (Å²) in [4.78, 5) is 11.7. The Morgan fingerprint density at radius 2 is 1.87 bits per heavy atom. The molecule has 0 aromatic heterocycles. The molecule has 0 amide bonds. The van der Waals surface area contributed by atoms with E-state index in [1.54, 1.807) is 0 Å². The standard InChI is InChI=1S/C12H23BrO2/c1-3-5-7-11(8-9-13)12(14)15-10-6-4-2/h11H,3-10H2,1-2H3. The van der Waals surface area contributed by atoms with Crippen molar-refractivity contribution in [1.29, 1.82) is 0 Å². The molecule has 0 aromatic rings. The summed E-state index contributed by atoms with van der Waals surface area (Å²) in [5.74, 6) is 0.0949. The van der Waals surface area contributed by atoms with E-state index in [1.807, 2.05) is 0 Å². The number of unbranched alkanes of at least 4 members (excludes halogenated alkanes) is 2. The van der Waals surface area contributed by atoms with Gasteiger partial charge in [0, 0.05) is 5.33 Å². The predicted molar refractivity (Wildman–Crippen MR) is 67.3 cm³/mol. The number of carbonyl (C=O) groups excluding carboxylic acids is 1. The Morgan fingerprint density at radius 1 is 1.20 bits per heavy atom. The Bertz CT molecular complexity index is 160. The van der Waals surface area contributed by atoms with Crippen LogP contribution < -0.4 is 0 Å². The van der Waals surface area contributed by atoms with Gasteiger partial charge in [-0.15, -0.1) is 0 Å². The molecule has 0 heterocycles. The van der Waals surface area contributed by atoms with E-state index in [2.05, 4.69) is 29.8 Å². The summed E-state index contributed by atoms with van der Waals surface area (Å²) >= 11 is 3.38. The van der Waals surface area contributed by atoms with Gasteiger partial charge in [-0.05, 0) is 19.3 Å². The largest absolute Gasteiger partial charge is 0.465 e. The average molecular weight is 279 g/mol. The van der Waals surface area contributed by atoms with Crippen molar-refractivity contribution in [3.05, 3.63) is 0 Å². The number of rotatable bonds is 9. The lowest BCUT2D eigenvalue weighted by Crippen LogP contribution is -2.19. The third kappa shape index (κ3) is 7.83. The van der Waals surface area contributed by atoms with Crippen molar-refractivity contribution in [2.75, 3.05) is 11.9 Å². The van der Waals surface area contributed by atoms with Crippen molar-refractivity contribution in [2.45, 2.75) is 52.4 Å². The molecular weight excluding hydrogens is 256 g/mol. The van der Waals surface area contributed by atoms with Gasteiger partial charge in [-0.1, -0.05) is 49.0 Å². The lowest BCUT2D eigenvalue weighted by atomic mass is 10.00. The fourth-order valence-electron chi connectivity index (χ4n) is 1.40. The number of hydrogen-bond acceptors (Lipinski definition) is 2. The maximum Gasteiger partial charge on any atom is 0.308 e. The molecule has 0 fully saturated rings. The minimum atomic E-state index is -0.00338. The van der Waals surface area contributed by atoms with Crippen molar-refractivity contribution in [3.8, 4) is 0 Å². The highest BCUT2D eigenvalue weighted by Gasteiger charge is 2.18. The number of esters is 1. The van der Waals surface area contributed by atoms with Gasteiger partial charge >= 0.3 is 5.97 Å². The van der Waals surface area contributed by atoms with E-state index >= 15 is 0 Å². The molecule has 0 aromatic carbocycles. The number of alkyl halides is 1. The molecule has 90 valence electrons. The third-order valence-electron chi connectivity index (χ3n) is 2.44. The number of halogens is 1. The minimum Gasteiger partial charge on any atom is -0.465 e. The van der Waals surface area contributed by atoms with Crippen LogP contribution in [0.4, 0.5) is 0 Å². The quantitative estimate of drug-likeness (QED) is 0.363. The molecule has 3 heteroatoms. The smallest absolute Gasteiger partial charge is 0.308 e. The zero-order chi connectivity index (χ0) is 11.5. The van der Waals surface area contributed by atoms with Gasteiger partial charge in [0.05, 0.1) is 12.5 Å². The van der Waals surface area contributed by atoms with Crippen molar-refractivity contribution in [1.82, 2.24) is 0 Å². The summed E-state index contributed by atoms with van der Waals surface area (Å²) < 4.78 is 5.23. The van der Waals surface area contributed by atoms with Crippen LogP contribution in [0.5, 0.6) is 0 Å². The predicted octanol–water partition coefficient (Wildman–Crippen LogP) is 3.92. The first kappa shape index (κ1) is 14.9. The van der Waals surface area contributed by atoms with Crippen LogP contribution in [0.2, 0.25) is 0 Å². The molecule has 1 unspecified atom stereocenters. The second-order valence-electron chi connectivity index (χ2n) is 3.84. The molecule has 0 spiro atoms. The highest BCUT2D eigenvalue weighted by molar-refractivity contribution is 9.09. The molecule has 0 radical (unpaired) electrons. The first-order valence-electron chi connectivity index (χ1n) is 5.98. The SMILES string of the molecule is CCCCOC(=O)C(CCBr)CCCC. The maximum atomic E-state index is 11.7. The zero-order valence-corrected chi connectivity index (χ0v) is 11.5. The maximum absolute atomic E-state index is 11.7. The van der Waals surface area contributed by atoms with Crippen LogP contribution in [-0.4, -0.2) is 17.9 Å². The van der Waals surface area contributed by atoms with Crippen LogP contribution in [0.3, 0.4) is 0 Å². The van der Waals surface area contributed by atoms with Gasteiger partial charge in [0.15, 0.2) is 0 Å². The molecule has 0 bridgehead atoms. The Labute approximate surface area is 102 Å². The van der Waals surface area contributed by atoms with E-state index in [0.717, 1.165) is 43.9 Å². The summed E-state index contributed by atoms with van der Waals surface area (Å²) in [6, 6.07) is 0. The zero-order valence-electron chi connectivity index (χ0n) is 9.93. The van der Waals surface area contributed by atoms with Gasteiger partial charge in [-0.25, -0.2) is 0 Å². The highest BCUT2D eigenvalue weighted by atomic mass is 79.9. The van der Waals surface area contributed by atoms with Crippen molar-refractivity contribution < 1.29 is 9.53 Å². The first-order chi connectivity index (χ1) is 7.26. The van der Waals surface area contributed by atoms with Crippen LogP contribution in [-0.2, 0) is 9.53 Å². The Kier molecular flexibility index (Phi) is 10.4. The summed E-state index contributed by atoms with van der Waals surface area (Å²) in [6.45, 7) is 4.83. The third-order valence-corrected chi connectivity index (χ3v) is 2.90. The van der Waals surface area contributed by atoms with E-state index in [4.69, 9.17) is 4.74 Å². The van der Waals surface area contributed by atoms with Crippen molar-refractivity contribution in [3.63, 3.8) is 0 Å². The number of hydrogen-bond donors (Lipinski definition) is 0. The molecule has 0 rings (SSSR count). The van der Waals surface area contributed by atoms with Gasteiger partial charge in [0.2, 0.25) is 0 Å². The molecule has 0 N–H and O–H groups in total. The summed E-state index contributed by atoms with van der Waals surface area (Å²) in [6.07, 6.45) is 6.16. The molecule has 0 aliphatic rings. The van der Waals surface area contributed by atoms with Gasteiger partial charge in [-0.3, -0.25) is 4.79 Å². The monoisotopic (exact) mass is 278 g/mol. The molecule has 15 heavy (non-hydrogen) atoms. The second kappa shape index (κ2) is 10.5. The van der Waals surface area contributed by atoms with Crippen LogP contribution in [0.15, 0.2) is 0 Å². The summed E-state index contributed by atoms with van der Waals surface area (Å²) in [7, 11) is 0. The summed E-state index contributed by atoms with van der Waals surface area (Å²) in [5, 5.41) is 0.879. The van der Waals surface area contributed by atoms with Crippen molar-refractivity contribution in [2.24, 2.45) is 5.92 Å². The molecule has 0 aliphatic carbocycles. The average Bonchev–Trinajstić information content (AvgIpc) is 2.24. The lowest BCUT2D eigenvalue weighted by Gasteiger charge is -2.14. The molecule has 2 nitrogen and oxygen atoms in total. The number of carbonyl (C=O) groups is 1. The van der Waals surface area contributed by atoms with Crippen LogP contribution in [0.1, 0.15) is 52.4 Å². The normalized spacial score (nSPS) is 12.5. The van der Waals surface area contributed by atoms with Gasteiger partial charge in [0.1, 0.15) is 0 Å². The second-order valence-corrected chi connectivity index (χ2v) is 4.63. The molecule has 0 saturated carbocycles. The highest BCUT2D eigenvalue weighted by Crippen LogP contribution is 2.16. The van der Waals surface area contributed by atoms with Crippen molar-refractivity contribution >= 4 is 21.9 Å². The fraction of sp³-hybridized carbons (Fsp3) is 0.917. The fourth-order valence-corrected chi connectivity index (χ4v) is 1.95. The molecule has 0 aliphatic heterocycles. The van der Waals surface area contributed by atoms with E-state index in [-0.39, 0.29) is 11.9 Å². The van der Waals surface area contributed by atoms with Gasteiger partial charge in [-0.2, -0.15) is 0 Å². The van der Waals surface area contributed by atoms with E-state index in [1.165, 1.54) is 0 Å². The van der Waals surface area contributed by atoms with Crippen LogP contribution in [0, 0.1) is 5.92 Å². The lowest BCUT2D eigenvalue weighted by molar-refractivity contribution is -0.149. The van der Waals surface area contributed by atoms with E-state index in [0.29, 0.717) is 6.61 Å². The first-order valence-corrected chi connectivity index (χ1v) is 7.11. The molecule has 0 saturated heterocycles. The Morgan fingerprint density at radius 3 is 2.40 bits per heavy atom. The number of ether oxygens (including phenoxy) is 1. The van der Waals surface area contributed by atoms with Crippen LogP contribution >= 0.6 is 15.9 Å². The minimum absolute atomic E-state index is 0.00338. The van der Waals surface area contributed by atoms with Gasteiger partial charge in [0.25, 0.3) is 0 Å². The Balaban J connectivity index is 3.81. The topological polar surface area (TPSA) is 26.3 Å². The van der Waals surface area contributed by atoms with Gasteiger partial charge < -0.3 is 4.74 Å². The Hall–Kier alpha value is -0.0500.